The Morgan fingerprint density at radius 3 is 2.63 bits per heavy atom. The normalized spacial score (nSPS) is 21.4. The monoisotopic (exact) mass is 394 g/mol. The quantitative estimate of drug-likeness (QED) is 0.702. The van der Waals surface area contributed by atoms with Gasteiger partial charge in [-0.25, -0.2) is 9.59 Å². The first-order chi connectivity index (χ1) is 12.7. The van der Waals surface area contributed by atoms with Crippen LogP contribution in [0.5, 0.6) is 0 Å². The highest BCUT2D eigenvalue weighted by Crippen LogP contribution is 2.43. The summed E-state index contributed by atoms with van der Waals surface area (Å²) in [5.74, 6) is -1.30. The number of hydrogen-bond acceptors (Lipinski definition) is 6. The molecule has 2 aliphatic rings. The number of fused-ring (bicyclic) bond motifs is 4. The Hall–Kier alpha value is -2.96. The van der Waals surface area contributed by atoms with Crippen molar-refractivity contribution in [2.24, 2.45) is 0 Å². The molecule has 0 saturated carbocycles. The summed E-state index contributed by atoms with van der Waals surface area (Å²) in [6.07, 6.45) is 1.55. The molecule has 0 spiro atoms. The van der Waals surface area contributed by atoms with Gasteiger partial charge >= 0.3 is 22.4 Å². The highest BCUT2D eigenvalue weighted by Gasteiger charge is 2.53. The van der Waals surface area contributed by atoms with Crippen LogP contribution in [0.1, 0.15) is 28.9 Å². The Kier molecular flexibility index (Phi) is 3.91. The van der Waals surface area contributed by atoms with Gasteiger partial charge in [-0.15, -0.1) is 4.28 Å². The van der Waals surface area contributed by atoms with Gasteiger partial charge in [0.05, 0.1) is 13.1 Å². The van der Waals surface area contributed by atoms with Gasteiger partial charge in [-0.1, -0.05) is 30.3 Å². The van der Waals surface area contributed by atoms with Gasteiger partial charge in [0.2, 0.25) is 0 Å². The second-order valence-corrected chi connectivity index (χ2v) is 7.18. The summed E-state index contributed by atoms with van der Waals surface area (Å²) in [7, 11) is -4.96. The van der Waals surface area contributed by atoms with Crippen molar-refractivity contribution < 1.29 is 31.9 Å². The van der Waals surface area contributed by atoms with E-state index in [2.05, 4.69) is 9.38 Å². The van der Waals surface area contributed by atoms with Crippen molar-refractivity contribution in [1.82, 2.24) is 19.7 Å². The fourth-order valence-electron chi connectivity index (χ4n) is 3.39. The van der Waals surface area contributed by atoms with Crippen molar-refractivity contribution in [2.75, 3.05) is 6.54 Å². The molecule has 12 heteroatoms. The number of carbonyl (C=O) groups excluding carboxylic acids is 1. The zero-order chi connectivity index (χ0) is 19.3. The molecule has 1 aromatic carbocycles. The lowest BCUT2D eigenvalue weighted by molar-refractivity contribution is -0.142. The summed E-state index contributed by atoms with van der Waals surface area (Å²) in [6.45, 7) is 0.259. The predicted octanol–water partition coefficient (Wildman–Crippen LogP) is 0.584. The number of carbonyl (C=O) groups is 2. The van der Waals surface area contributed by atoms with E-state index in [9.17, 15) is 23.1 Å². The number of carboxylic acids is 1. The van der Waals surface area contributed by atoms with Gasteiger partial charge in [0.15, 0.2) is 6.04 Å². The molecule has 1 aromatic heterocycles. The highest BCUT2D eigenvalue weighted by molar-refractivity contribution is 7.80. The molecule has 1 fully saturated rings. The van der Waals surface area contributed by atoms with Crippen molar-refractivity contribution in [3.8, 4) is 0 Å². The van der Waals surface area contributed by atoms with E-state index < -0.39 is 34.5 Å². The van der Waals surface area contributed by atoms with Crippen LogP contribution in [-0.2, 0) is 26.0 Å². The third kappa shape index (κ3) is 3.03. The molecule has 27 heavy (non-hydrogen) atoms. The first-order valence-corrected chi connectivity index (χ1v) is 9.22. The van der Waals surface area contributed by atoms with E-state index in [-0.39, 0.29) is 12.2 Å². The Morgan fingerprint density at radius 2 is 2.00 bits per heavy atom. The van der Waals surface area contributed by atoms with Gasteiger partial charge in [-0.2, -0.15) is 18.6 Å². The van der Waals surface area contributed by atoms with Crippen LogP contribution >= 0.6 is 0 Å². The summed E-state index contributed by atoms with van der Waals surface area (Å²) in [6, 6.07) is 6.06. The van der Waals surface area contributed by atoms with Gasteiger partial charge in [-0.3, -0.25) is 9.23 Å². The van der Waals surface area contributed by atoms with E-state index in [1.54, 1.807) is 6.20 Å². The zero-order valence-corrected chi connectivity index (χ0v) is 14.5. The number of amides is 2. The van der Waals surface area contributed by atoms with Crippen LogP contribution in [0.15, 0.2) is 36.5 Å². The van der Waals surface area contributed by atoms with Crippen LogP contribution in [0.3, 0.4) is 0 Å². The number of nitrogens with zero attached hydrogens (tertiary/aromatic N) is 4. The van der Waals surface area contributed by atoms with Gasteiger partial charge in [-0.05, 0) is 5.56 Å². The lowest BCUT2D eigenvalue weighted by Crippen LogP contribution is -2.38. The molecule has 0 radical (unpaired) electrons. The number of benzene rings is 1. The summed E-state index contributed by atoms with van der Waals surface area (Å²) < 4.78 is 37.0. The SMILES string of the molecule is O=C(O)C1c2nn(Cc3ccccc3)cc2C2CN1C(=O)N2OS(=O)(=O)O. The summed E-state index contributed by atoms with van der Waals surface area (Å²) in [5.41, 5.74) is 1.41. The molecule has 2 atom stereocenters. The maximum Gasteiger partial charge on any atom is 0.418 e. The number of urea groups is 1. The van der Waals surface area contributed by atoms with E-state index in [4.69, 9.17) is 4.55 Å². The van der Waals surface area contributed by atoms with E-state index in [0.717, 1.165) is 10.5 Å². The summed E-state index contributed by atoms with van der Waals surface area (Å²) >= 11 is 0. The summed E-state index contributed by atoms with van der Waals surface area (Å²) in [4.78, 5) is 25.1. The number of hydrogen-bond donors (Lipinski definition) is 2. The van der Waals surface area contributed by atoms with Crippen LogP contribution in [0.25, 0.3) is 0 Å². The fraction of sp³-hybridized carbons (Fsp3) is 0.267. The smallest absolute Gasteiger partial charge is 0.418 e. The zero-order valence-electron chi connectivity index (χ0n) is 13.7. The first-order valence-electron chi connectivity index (χ1n) is 7.85. The molecule has 2 aromatic rings. The molecular formula is C15H14N4O7S. The Morgan fingerprint density at radius 1 is 1.30 bits per heavy atom. The maximum atomic E-state index is 12.4. The van der Waals surface area contributed by atoms with Crippen LogP contribution in [0.4, 0.5) is 4.79 Å². The van der Waals surface area contributed by atoms with Crippen molar-refractivity contribution in [3.05, 3.63) is 53.3 Å². The van der Waals surface area contributed by atoms with Crippen molar-refractivity contribution in [2.45, 2.75) is 18.6 Å². The Labute approximate surface area is 153 Å². The minimum absolute atomic E-state index is 0.102. The van der Waals surface area contributed by atoms with Crippen molar-refractivity contribution in [1.29, 1.82) is 0 Å². The molecule has 11 nitrogen and oxygen atoms in total. The van der Waals surface area contributed by atoms with Crippen LogP contribution in [0, 0.1) is 0 Å². The number of aromatic nitrogens is 2. The Bertz CT molecular complexity index is 1020. The third-order valence-corrected chi connectivity index (χ3v) is 4.78. The average Bonchev–Trinajstić information content (AvgIpc) is 3.10. The summed E-state index contributed by atoms with van der Waals surface area (Å²) in [5, 5.41) is 14.3. The van der Waals surface area contributed by atoms with Gasteiger partial charge in [0.25, 0.3) is 0 Å². The molecule has 2 amide bonds. The van der Waals surface area contributed by atoms with E-state index in [1.165, 1.54) is 4.68 Å². The molecule has 3 heterocycles. The van der Waals surface area contributed by atoms with Gasteiger partial charge < -0.3 is 10.0 Å². The number of hydroxylamine groups is 2. The van der Waals surface area contributed by atoms with Crippen molar-refractivity contribution >= 4 is 22.4 Å². The molecule has 2 N–H and O–H groups in total. The van der Waals surface area contributed by atoms with E-state index in [1.807, 2.05) is 30.3 Å². The first kappa shape index (κ1) is 17.5. The molecule has 2 unspecified atom stereocenters. The second kappa shape index (κ2) is 6.04. The molecule has 4 rings (SSSR count). The molecule has 2 bridgehead atoms. The van der Waals surface area contributed by atoms with Crippen LogP contribution in [0.2, 0.25) is 0 Å². The maximum absolute atomic E-state index is 12.4. The number of rotatable bonds is 5. The minimum atomic E-state index is -4.96. The fourth-order valence-corrected chi connectivity index (χ4v) is 3.77. The molecule has 0 aliphatic carbocycles. The molecular weight excluding hydrogens is 380 g/mol. The van der Waals surface area contributed by atoms with Crippen LogP contribution in [-0.4, -0.2) is 56.4 Å². The van der Waals surface area contributed by atoms with Gasteiger partial charge in [0.1, 0.15) is 11.7 Å². The number of carboxylic acid groups (broad SMARTS) is 1. The van der Waals surface area contributed by atoms with Crippen LogP contribution < -0.4 is 0 Å². The second-order valence-electron chi connectivity index (χ2n) is 6.17. The molecule has 142 valence electrons. The number of aliphatic carboxylic acids is 1. The Balaban J connectivity index is 1.75. The van der Waals surface area contributed by atoms with Gasteiger partial charge in [0, 0.05) is 11.8 Å². The molecule has 1 saturated heterocycles. The minimum Gasteiger partial charge on any atom is -0.479 e. The average molecular weight is 394 g/mol. The van der Waals surface area contributed by atoms with Crippen molar-refractivity contribution in [3.63, 3.8) is 0 Å². The lowest BCUT2D eigenvalue weighted by Gasteiger charge is -2.26. The van der Waals surface area contributed by atoms with E-state index >= 15 is 0 Å². The standard InChI is InChI=1S/C15H14N4O7S/c20-14(21)13-12-10(7-17(16-12)6-9-4-2-1-3-5-9)11-8-18(13)15(22)19(11)26-27(23,24)25/h1-5,7,11,13H,6,8H2,(H,20,21)(H,23,24,25). The molecule has 2 aliphatic heterocycles. The largest absolute Gasteiger partial charge is 0.479 e. The predicted molar refractivity (Wildman–Crippen MR) is 87.5 cm³/mol. The van der Waals surface area contributed by atoms with E-state index in [0.29, 0.717) is 17.2 Å². The third-order valence-electron chi connectivity index (χ3n) is 4.43. The lowest BCUT2D eigenvalue weighted by atomic mass is 9.98. The highest BCUT2D eigenvalue weighted by atomic mass is 32.3. The topological polar surface area (TPSA) is 142 Å².